The van der Waals surface area contributed by atoms with Crippen molar-refractivity contribution in [2.24, 2.45) is 4.99 Å². The molecule has 1 atom stereocenters. The number of hydrogen-bond donors (Lipinski definition) is 2. The van der Waals surface area contributed by atoms with Crippen molar-refractivity contribution in [3.05, 3.63) is 53.4 Å². The number of aliphatic imine (C=N–C) groups is 1. The van der Waals surface area contributed by atoms with Gasteiger partial charge in [-0.1, -0.05) is 30.3 Å². The molecule has 0 aliphatic carbocycles. The molecule has 1 aliphatic heterocycles. The molecular weight excluding hydrogens is 376 g/mol. The molecule has 2 heterocycles. The minimum Gasteiger partial charge on any atom is -0.363 e. The van der Waals surface area contributed by atoms with Crippen molar-refractivity contribution in [3.63, 3.8) is 0 Å². The van der Waals surface area contributed by atoms with Crippen LogP contribution in [0.1, 0.15) is 18.4 Å². The summed E-state index contributed by atoms with van der Waals surface area (Å²) in [4.78, 5) is 6.77. The first-order valence-corrected chi connectivity index (χ1v) is 11.8. The molecule has 7 heteroatoms. The smallest absolute Gasteiger partial charge is 0.191 e. The van der Waals surface area contributed by atoms with E-state index in [0.29, 0.717) is 24.1 Å². The van der Waals surface area contributed by atoms with Crippen LogP contribution in [0.2, 0.25) is 0 Å². The Kier molecular flexibility index (Phi) is 7.71. The fraction of sp³-hybridized carbons (Fsp3) is 0.450. The first-order chi connectivity index (χ1) is 13.2. The molecule has 1 aliphatic rings. The lowest BCUT2D eigenvalue weighted by atomic mass is 10.1. The third kappa shape index (κ3) is 6.36. The fourth-order valence-corrected chi connectivity index (χ4v) is 5.02. The van der Waals surface area contributed by atoms with Gasteiger partial charge >= 0.3 is 0 Å². The number of piperidine rings is 1. The highest BCUT2D eigenvalue weighted by atomic mass is 32.2. The number of nitrogens with one attached hydrogen (secondary N) is 2. The summed E-state index contributed by atoms with van der Waals surface area (Å²) in [6.07, 6.45) is 2.19. The van der Waals surface area contributed by atoms with Gasteiger partial charge in [0, 0.05) is 55.0 Å². The molecule has 0 amide bonds. The van der Waals surface area contributed by atoms with Gasteiger partial charge in [-0.05, 0) is 35.9 Å². The van der Waals surface area contributed by atoms with E-state index in [2.05, 4.69) is 38.0 Å². The molecule has 0 bridgehead atoms. The lowest BCUT2D eigenvalue weighted by molar-refractivity contribution is 0.463. The summed E-state index contributed by atoms with van der Waals surface area (Å²) in [6.45, 7) is 2.79. The van der Waals surface area contributed by atoms with E-state index >= 15 is 0 Å². The molecule has 146 valence electrons. The third-order valence-electron chi connectivity index (χ3n) is 4.67. The van der Waals surface area contributed by atoms with Crippen LogP contribution in [0.3, 0.4) is 0 Å². The summed E-state index contributed by atoms with van der Waals surface area (Å²) in [5, 5.41) is 10.3. The normalized spacial score (nSPS) is 16.9. The number of guanidine groups is 1. The zero-order valence-electron chi connectivity index (χ0n) is 15.8. The highest BCUT2D eigenvalue weighted by Gasteiger charge is 2.20. The Bertz CT molecular complexity index is 726. The number of rotatable bonds is 7. The maximum absolute atomic E-state index is 12.2. The van der Waals surface area contributed by atoms with Crippen LogP contribution in [0, 0.1) is 0 Å². The van der Waals surface area contributed by atoms with Gasteiger partial charge in [0.15, 0.2) is 5.96 Å². The van der Waals surface area contributed by atoms with Gasteiger partial charge in [0.05, 0.1) is 5.00 Å². The first kappa shape index (κ1) is 19.9. The van der Waals surface area contributed by atoms with Gasteiger partial charge in [0.25, 0.3) is 0 Å². The molecular formula is C20H28N4OS2. The van der Waals surface area contributed by atoms with Crippen molar-refractivity contribution < 1.29 is 4.21 Å². The fourth-order valence-electron chi connectivity index (χ4n) is 3.20. The average molecular weight is 405 g/mol. The minimum absolute atomic E-state index is 0.433. The van der Waals surface area contributed by atoms with Crippen molar-refractivity contribution in [1.82, 2.24) is 10.6 Å². The molecule has 1 aromatic heterocycles. The summed E-state index contributed by atoms with van der Waals surface area (Å²) in [6, 6.07) is 14.7. The molecule has 5 nitrogen and oxygen atoms in total. The standard InChI is InChI=1S/C20H28N4OS2/c1-21-20(22-11-15-27(25)16-17-6-3-2-4-7-17)23-18-9-12-24(13-10-18)19-8-5-14-26-19/h2-8,14,18H,9-13,15-16H2,1H3,(H2,21,22,23). The highest BCUT2D eigenvalue weighted by Crippen LogP contribution is 2.24. The maximum atomic E-state index is 12.2. The third-order valence-corrected chi connectivity index (χ3v) is 6.91. The quantitative estimate of drug-likeness (QED) is 0.550. The Labute approximate surface area is 168 Å². The van der Waals surface area contributed by atoms with Crippen LogP contribution in [-0.2, 0) is 16.6 Å². The van der Waals surface area contributed by atoms with Gasteiger partial charge in [0.1, 0.15) is 0 Å². The van der Waals surface area contributed by atoms with E-state index in [9.17, 15) is 4.21 Å². The van der Waals surface area contributed by atoms with Crippen LogP contribution in [0.4, 0.5) is 5.00 Å². The number of hydrogen-bond acceptors (Lipinski definition) is 4. The Morgan fingerprint density at radius 2 is 2.00 bits per heavy atom. The van der Waals surface area contributed by atoms with Crippen molar-refractivity contribution >= 4 is 33.1 Å². The molecule has 1 saturated heterocycles. The van der Waals surface area contributed by atoms with E-state index in [4.69, 9.17) is 0 Å². The first-order valence-electron chi connectivity index (χ1n) is 9.39. The number of anilines is 1. The van der Waals surface area contributed by atoms with Crippen molar-refractivity contribution in [1.29, 1.82) is 0 Å². The minimum atomic E-state index is -0.869. The average Bonchev–Trinajstić information content (AvgIpc) is 3.23. The molecule has 2 aromatic rings. The summed E-state index contributed by atoms with van der Waals surface area (Å²) in [5.41, 5.74) is 1.12. The van der Waals surface area contributed by atoms with Gasteiger partial charge in [-0.3, -0.25) is 9.20 Å². The molecule has 1 aromatic carbocycles. The van der Waals surface area contributed by atoms with Gasteiger partial charge < -0.3 is 15.5 Å². The van der Waals surface area contributed by atoms with Crippen LogP contribution in [0.5, 0.6) is 0 Å². The van der Waals surface area contributed by atoms with Crippen molar-refractivity contribution in [3.8, 4) is 0 Å². The lowest BCUT2D eigenvalue weighted by Gasteiger charge is -2.33. The Hall–Kier alpha value is -1.86. The molecule has 27 heavy (non-hydrogen) atoms. The number of benzene rings is 1. The number of nitrogens with zero attached hydrogens (tertiary/aromatic N) is 2. The summed E-state index contributed by atoms with van der Waals surface area (Å²) in [5.74, 6) is 2.03. The Morgan fingerprint density at radius 3 is 2.67 bits per heavy atom. The maximum Gasteiger partial charge on any atom is 0.191 e. The van der Waals surface area contributed by atoms with Crippen LogP contribution >= 0.6 is 11.3 Å². The largest absolute Gasteiger partial charge is 0.363 e. The van der Waals surface area contributed by atoms with E-state index in [-0.39, 0.29) is 0 Å². The lowest BCUT2D eigenvalue weighted by Crippen LogP contribution is -2.49. The second kappa shape index (κ2) is 10.5. The summed E-state index contributed by atoms with van der Waals surface area (Å²) >= 11 is 1.80. The molecule has 0 spiro atoms. The SMILES string of the molecule is CN=C(NCCS(=O)Cc1ccccc1)NC1CCN(c2cccs2)CC1. The predicted octanol–water partition coefficient (Wildman–Crippen LogP) is 2.83. The highest BCUT2D eigenvalue weighted by molar-refractivity contribution is 7.84. The van der Waals surface area contributed by atoms with Crippen molar-refractivity contribution in [2.75, 3.05) is 37.3 Å². The van der Waals surface area contributed by atoms with Crippen LogP contribution < -0.4 is 15.5 Å². The van der Waals surface area contributed by atoms with Gasteiger partial charge in [0.2, 0.25) is 0 Å². The molecule has 0 radical (unpaired) electrons. The topological polar surface area (TPSA) is 56.7 Å². The number of thiophene rings is 1. The van der Waals surface area contributed by atoms with E-state index in [1.54, 1.807) is 18.4 Å². The Balaban J connectivity index is 1.35. The molecule has 3 rings (SSSR count). The molecule has 1 unspecified atom stereocenters. The van der Waals surface area contributed by atoms with Crippen LogP contribution in [0.15, 0.2) is 52.8 Å². The second-order valence-corrected chi connectivity index (χ2v) is 9.13. The van der Waals surface area contributed by atoms with Crippen molar-refractivity contribution in [2.45, 2.75) is 24.6 Å². The predicted molar refractivity (Wildman–Crippen MR) is 117 cm³/mol. The summed E-state index contributed by atoms with van der Waals surface area (Å²) in [7, 11) is 0.920. The van der Waals surface area contributed by atoms with E-state index < -0.39 is 10.8 Å². The van der Waals surface area contributed by atoms with Crippen LogP contribution in [0.25, 0.3) is 0 Å². The molecule has 0 saturated carbocycles. The van der Waals surface area contributed by atoms with Crippen LogP contribution in [-0.4, -0.2) is 48.6 Å². The zero-order chi connectivity index (χ0) is 18.9. The van der Waals surface area contributed by atoms with E-state index in [0.717, 1.165) is 37.5 Å². The monoisotopic (exact) mass is 404 g/mol. The summed E-state index contributed by atoms with van der Waals surface area (Å²) < 4.78 is 12.2. The van der Waals surface area contributed by atoms with Gasteiger partial charge in [-0.2, -0.15) is 0 Å². The molecule has 1 fully saturated rings. The van der Waals surface area contributed by atoms with E-state index in [1.165, 1.54) is 5.00 Å². The second-order valence-electron chi connectivity index (χ2n) is 6.63. The van der Waals surface area contributed by atoms with E-state index in [1.807, 2.05) is 30.3 Å². The molecule has 2 N–H and O–H groups in total. The van der Waals surface area contributed by atoms with Gasteiger partial charge in [-0.25, -0.2) is 0 Å². The zero-order valence-corrected chi connectivity index (χ0v) is 17.4. The van der Waals surface area contributed by atoms with Gasteiger partial charge in [-0.15, -0.1) is 11.3 Å². The Morgan fingerprint density at radius 1 is 1.22 bits per heavy atom.